The van der Waals surface area contributed by atoms with Crippen LogP contribution in [0.3, 0.4) is 0 Å². The molecule has 1 heterocycles. The van der Waals surface area contributed by atoms with Crippen LogP contribution < -0.4 is 5.73 Å². The van der Waals surface area contributed by atoms with Gasteiger partial charge in [-0.2, -0.15) is 4.98 Å². The predicted octanol–water partition coefficient (Wildman–Crippen LogP) is 3.30. The molecule has 0 unspecified atom stereocenters. The highest BCUT2D eigenvalue weighted by Crippen LogP contribution is 2.28. The van der Waals surface area contributed by atoms with Crippen molar-refractivity contribution in [2.45, 2.75) is 39.2 Å². The summed E-state index contributed by atoms with van der Waals surface area (Å²) in [6.07, 6.45) is 1.26. The molecule has 2 N–H and O–H groups in total. The number of halogens is 2. The largest absolute Gasteiger partial charge is 0.334 e. The van der Waals surface area contributed by atoms with Gasteiger partial charge in [0.1, 0.15) is 11.6 Å². The number of hydrogen-bond acceptors (Lipinski definition) is 4. The van der Waals surface area contributed by atoms with Gasteiger partial charge >= 0.3 is 0 Å². The summed E-state index contributed by atoms with van der Waals surface area (Å²) in [4.78, 5) is 4.16. The molecule has 0 spiro atoms. The molecule has 20 heavy (non-hydrogen) atoms. The molecular weight excluding hydrogens is 264 g/mol. The van der Waals surface area contributed by atoms with E-state index in [1.165, 1.54) is 6.07 Å². The zero-order valence-electron chi connectivity index (χ0n) is 11.7. The molecule has 2 rings (SSSR count). The molecule has 0 atom stereocenters. The first-order valence-electron chi connectivity index (χ1n) is 6.50. The van der Waals surface area contributed by atoms with Crippen molar-refractivity contribution in [3.63, 3.8) is 0 Å². The third-order valence-corrected chi connectivity index (χ3v) is 3.61. The maximum atomic E-state index is 13.8. The molecule has 0 aliphatic rings. The Balaban J connectivity index is 2.46. The normalized spacial score (nSPS) is 11.9. The van der Waals surface area contributed by atoms with Gasteiger partial charge in [-0.1, -0.05) is 19.0 Å². The molecule has 0 radical (unpaired) electrons. The summed E-state index contributed by atoms with van der Waals surface area (Å²) in [7, 11) is 0. The van der Waals surface area contributed by atoms with E-state index in [1.807, 2.05) is 13.8 Å². The van der Waals surface area contributed by atoms with Gasteiger partial charge in [0.25, 0.3) is 5.89 Å². The molecule has 6 heteroatoms. The van der Waals surface area contributed by atoms with Gasteiger partial charge in [0.15, 0.2) is 5.82 Å². The summed E-state index contributed by atoms with van der Waals surface area (Å²) in [5, 5.41) is 3.83. The first kappa shape index (κ1) is 14.6. The van der Waals surface area contributed by atoms with Crippen molar-refractivity contribution in [1.29, 1.82) is 0 Å². The van der Waals surface area contributed by atoms with E-state index in [4.69, 9.17) is 10.3 Å². The van der Waals surface area contributed by atoms with Crippen LogP contribution in [-0.4, -0.2) is 10.1 Å². The van der Waals surface area contributed by atoms with Crippen LogP contribution in [0.5, 0.6) is 0 Å². The lowest BCUT2D eigenvalue weighted by molar-refractivity contribution is 0.350. The molecule has 1 aromatic heterocycles. The fraction of sp³-hybridized carbons (Fsp3) is 0.429. The van der Waals surface area contributed by atoms with Gasteiger partial charge in [0.05, 0.1) is 11.1 Å². The number of hydrogen-bond donors (Lipinski definition) is 1. The summed E-state index contributed by atoms with van der Waals surface area (Å²) in [6.45, 7) is 5.38. The van der Waals surface area contributed by atoms with Crippen LogP contribution in [-0.2, 0) is 5.54 Å². The fourth-order valence-corrected chi connectivity index (χ4v) is 1.92. The molecule has 0 amide bonds. The molecule has 0 saturated heterocycles. The molecule has 0 aliphatic carbocycles. The van der Waals surface area contributed by atoms with Crippen molar-refractivity contribution >= 4 is 0 Å². The summed E-state index contributed by atoms with van der Waals surface area (Å²) >= 11 is 0. The summed E-state index contributed by atoms with van der Waals surface area (Å²) in [6, 6.07) is 2.15. The Bertz CT molecular complexity index is 621. The molecule has 4 nitrogen and oxygen atoms in total. The van der Waals surface area contributed by atoms with Gasteiger partial charge in [-0.25, -0.2) is 8.78 Å². The van der Waals surface area contributed by atoms with Crippen molar-refractivity contribution in [2.24, 2.45) is 5.73 Å². The van der Waals surface area contributed by atoms with Crippen molar-refractivity contribution in [3.8, 4) is 11.5 Å². The number of aryl methyl sites for hydroxylation is 1. The first-order chi connectivity index (χ1) is 9.41. The first-order valence-corrected chi connectivity index (χ1v) is 6.50. The third-order valence-electron chi connectivity index (χ3n) is 3.61. The molecule has 0 aliphatic heterocycles. The molecule has 0 fully saturated rings. The van der Waals surface area contributed by atoms with Crippen LogP contribution in [0.25, 0.3) is 11.5 Å². The average molecular weight is 281 g/mol. The smallest absolute Gasteiger partial charge is 0.260 e. The van der Waals surface area contributed by atoms with E-state index in [9.17, 15) is 8.78 Å². The Hall–Kier alpha value is -1.82. The Labute approximate surface area is 116 Å². The second kappa shape index (κ2) is 5.28. The number of benzene rings is 1. The van der Waals surface area contributed by atoms with E-state index in [-0.39, 0.29) is 11.5 Å². The number of nitrogens with zero attached hydrogens (tertiary/aromatic N) is 2. The van der Waals surface area contributed by atoms with Crippen LogP contribution in [0.1, 0.15) is 38.1 Å². The van der Waals surface area contributed by atoms with E-state index in [0.717, 1.165) is 6.07 Å². The Morgan fingerprint density at radius 2 is 1.85 bits per heavy atom. The monoisotopic (exact) mass is 281 g/mol. The van der Waals surface area contributed by atoms with Gasteiger partial charge in [-0.15, -0.1) is 0 Å². The third kappa shape index (κ3) is 2.43. The van der Waals surface area contributed by atoms with Gasteiger partial charge in [-0.05, 0) is 31.4 Å². The SMILES string of the molecule is CCC(N)(CC)c1noc(-c2cc(C)c(F)cc2F)n1. The fourth-order valence-electron chi connectivity index (χ4n) is 1.92. The number of nitrogens with two attached hydrogens (primary N) is 1. The Morgan fingerprint density at radius 1 is 1.20 bits per heavy atom. The van der Waals surface area contributed by atoms with Crippen molar-refractivity contribution in [2.75, 3.05) is 0 Å². The van der Waals surface area contributed by atoms with Crippen molar-refractivity contribution < 1.29 is 13.3 Å². The van der Waals surface area contributed by atoms with Crippen molar-refractivity contribution in [3.05, 3.63) is 35.2 Å². The minimum Gasteiger partial charge on any atom is -0.334 e. The summed E-state index contributed by atoms with van der Waals surface area (Å²) in [5.74, 6) is -1.00. The Kier molecular flexibility index (Phi) is 3.85. The molecule has 108 valence electrons. The topological polar surface area (TPSA) is 64.9 Å². The highest BCUT2D eigenvalue weighted by atomic mass is 19.1. The molecule has 1 aromatic carbocycles. The maximum absolute atomic E-state index is 13.8. The lowest BCUT2D eigenvalue weighted by atomic mass is 9.93. The molecule has 2 aromatic rings. The molecular formula is C14H17F2N3O. The van der Waals surface area contributed by atoms with Crippen LogP contribution >= 0.6 is 0 Å². The van der Waals surface area contributed by atoms with E-state index < -0.39 is 17.2 Å². The second-order valence-electron chi connectivity index (χ2n) is 4.87. The lowest BCUT2D eigenvalue weighted by Gasteiger charge is -2.21. The Morgan fingerprint density at radius 3 is 2.45 bits per heavy atom. The van der Waals surface area contributed by atoms with Gasteiger partial charge < -0.3 is 10.3 Å². The zero-order chi connectivity index (χ0) is 14.9. The summed E-state index contributed by atoms with van der Waals surface area (Å²) < 4.78 is 32.1. The number of rotatable bonds is 4. The zero-order valence-corrected chi connectivity index (χ0v) is 11.7. The van der Waals surface area contributed by atoms with Gasteiger partial charge in [-0.3, -0.25) is 0 Å². The summed E-state index contributed by atoms with van der Waals surface area (Å²) in [5.41, 5.74) is 5.85. The van der Waals surface area contributed by atoms with Gasteiger partial charge in [0.2, 0.25) is 0 Å². The van der Waals surface area contributed by atoms with E-state index in [2.05, 4.69) is 10.1 Å². The molecule has 0 bridgehead atoms. The maximum Gasteiger partial charge on any atom is 0.260 e. The standard InChI is InChI=1S/C14H17F2N3O/c1-4-14(17,5-2)13-18-12(20-19-13)9-6-8(3)10(15)7-11(9)16/h6-7H,4-5,17H2,1-3H3. The van der Waals surface area contributed by atoms with Crippen LogP contribution in [0.4, 0.5) is 8.78 Å². The van der Waals surface area contributed by atoms with Crippen molar-refractivity contribution in [1.82, 2.24) is 10.1 Å². The van der Waals surface area contributed by atoms with Crippen LogP contribution in [0, 0.1) is 18.6 Å². The second-order valence-corrected chi connectivity index (χ2v) is 4.87. The predicted molar refractivity (Wildman–Crippen MR) is 70.8 cm³/mol. The van der Waals surface area contributed by atoms with E-state index in [1.54, 1.807) is 6.92 Å². The molecule has 0 saturated carbocycles. The lowest BCUT2D eigenvalue weighted by Crippen LogP contribution is -2.36. The van der Waals surface area contributed by atoms with E-state index >= 15 is 0 Å². The highest BCUT2D eigenvalue weighted by Gasteiger charge is 2.29. The number of aromatic nitrogens is 2. The quantitative estimate of drug-likeness (QED) is 0.933. The minimum absolute atomic E-state index is 0.0114. The van der Waals surface area contributed by atoms with Crippen LogP contribution in [0.15, 0.2) is 16.7 Å². The minimum atomic E-state index is -0.737. The van der Waals surface area contributed by atoms with Crippen LogP contribution in [0.2, 0.25) is 0 Å². The van der Waals surface area contributed by atoms with Gasteiger partial charge in [0, 0.05) is 6.07 Å². The highest BCUT2D eigenvalue weighted by molar-refractivity contribution is 5.55. The van der Waals surface area contributed by atoms with E-state index in [0.29, 0.717) is 24.2 Å². The average Bonchev–Trinajstić information content (AvgIpc) is 2.92.